The lowest BCUT2D eigenvalue weighted by Gasteiger charge is -2.43. The van der Waals surface area contributed by atoms with Crippen molar-refractivity contribution < 1.29 is 51.4 Å². The fourth-order valence-electron chi connectivity index (χ4n) is 12.4. The number of piperazine rings is 2. The van der Waals surface area contributed by atoms with E-state index in [0.717, 1.165) is 91.4 Å². The Morgan fingerprint density at radius 3 is 2.33 bits per heavy atom. The maximum Gasteiger partial charge on any atom is 0.508 e. The van der Waals surface area contributed by atoms with Gasteiger partial charge < -0.3 is 54.3 Å². The molecular weight excluding hydrogens is 1180 g/mol. The van der Waals surface area contributed by atoms with Crippen molar-refractivity contribution in [2.24, 2.45) is 5.92 Å². The summed E-state index contributed by atoms with van der Waals surface area (Å²) in [5, 5.41) is 26.3. The third-order valence-corrected chi connectivity index (χ3v) is 21.4. The summed E-state index contributed by atoms with van der Waals surface area (Å²) in [6, 6.07) is 21.9. The Hall–Kier alpha value is -7.26. The molecule has 0 saturated carbocycles. The first-order valence-electron chi connectivity index (χ1n) is 30.0. The second kappa shape index (κ2) is 27.2. The number of hydrogen-bond acceptors (Lipinski definition) is 23. The molecule has 23 nitrogen and oxygen atoms in total. The highest BCUT2D eigenvalue weighted by Crippen LogP contribution is 2.41. The summed E-state index contributed by atoms with van der Waals surface area (Å²) in [4.78, 5) is 63.5. The molecule has 88 heavy (non-hydrogen) atoms. The molecule has 4 aromatic heterocycles. The van der Waals surface area contributed by atoms with Crippen LogP contribution in [-0.2, 0) is 27.9 Å². The number of aryl methyl sites for hydroxylation is 1. The molecule has 4 N–H and O–H groups in total. The van der Waals surface area contributed by atoms with Crippen LogP contribution >= 0.6 is 22.1 Å². The van der Waals surface area contributed by atoms with Crippen LogP contribution in [0.5, 0.6) is 17.5 Å². The number of phenolic OH excluding ortho intramolecular Hbond substituents is 1. The van der Waals surface area contributed by atoms with Crippen molar-refractivity contribution in [2.45, 2.75) is 128 Å². The molecule has 4 saturated heterocycles. The number of para-hydroxylation sites is 1. The van der Waals surface area contributed by atoms with Crippen molar-refractivity contribution in [3.05, 3.63) is 102 Å². The average molecular weight is 1270 g/mol. The summed E-state index contributed by atoms with van der Waals surface area (Å²) in [6.45, 7) is 20.8. The number of likely N-dealkylation sites (tertiary alicyclic amines) is 1. The molecule has 4 unspecified atom stereocenters. The standard InChI is InChI=1S/C62H80N12O11S3/c1-37(2)56(60(77)73-35-47(84-61(78)83-41(6)62(7,8)87-88(9,79)80)29-51(73)59(76)66-39(4)42-14-16-43(17-15-42)57-40(5)65-36-86-57)53-31-55(69-85-53)82-26-24-70-22-23-71(38(3)32-70)25-27-81-54-28-44(20-21-64-54)74-45-18-19-46(74)34-72(33-45)50-30-49(67-68-58(50)63)48-12-10-11-13-52(48)75/h10-17,20-21,28,30-31,36-39,41,45-47,51,56,75H,18-19,22-27,29,32-35H2,1-9H3,(H2,63,68)(H,66,76)/t38-,39+,41?,45?,46?,47-,51+,56?/m1/s1. The fourth-order valence-corrected chi connectivity index (χ4v) is 16.9. The maximum absolute atomic E-state index is 14.9. The highest BCUT2D eigenvalue weighted by atomic mass is 33.1. The Morgan fingerprint density at radius 1 is 0.909 bits per heavy atom. The molecule has 4 aliphatic heterocycles. The number of amides is 2. The SMILES string of the molecule is Cc1ncsc1-c1ccc([C@H](C)NC(=O)[C@@H]2C[C@@H](OC(=O)OC(C)C(C)(C)SS(C)(=O)=O)CN2C(=O)C(c2cc(OCCN3CCN(CCOc4cc(N5C6CCC5CN(c5cc(-c7ccccc7O)nnc5N)C6)ccn4)[C@H](C)C3)no2)C(C)C)cc1. The minimum Gasteiger partial charge on any atom is -0.507 e. The number of aromatic nitrogens is 5. The number of carbonyl (C=O) groups excluding carboxylic acids is 3. The van der Waals surface area contributed by atoms with Crippen LogP contribution in [0.4, 0.5) is 22.0 Å². The maximum atomic E-state index is 14.9. The van der Waals surface area contributed by atoms with E-state index >= 15 is 0 Å². The van der Waals surface area contributed by atoms with E-state index in [9.17, 15) is 27.9 Å². The lowest BCUT2D eigenvalue weighted by atomic mass is 9.91. The molecule has 0 spiro atoms. The third kappa shape index (κ3) is 15.1. The number of benzene rings is 2. The van der Waals surface area contributed by atoms with Crippen LogP contribution in [0, 0.1) is 12.8 Å². The van der Waals surface area contributed by atoms with Gasteiger partial charge in [-0.25, -0.2) is 23.2 Å². The zero-order chi connectivity index (χ0) is 62.6. The summed E-state index contributed by atoms with van der Waals surface area (Å²) in [6.07, 6.45) is 2.13. The van der Waals surface area contributed by atoms with Crippen LogP contribution in [0.1, 0.15) is 96.7 Å². The van der Waals surface area contributed by atoms with E-state index in [2.05, 4.69) is 63.2 Å². The van der Waals surface area contributed by atoms with Gasteiger partial charge in [-0.15, -0.1) is 21.5 Å². The predicted octanol–water partition coefficient (Wildman–Crippen LogP) is 8.17. The van der Waals surface area contributed by atoms with Crippen molar-refractivity contribution in [1.29, 1.82) is 0 Å². The van der Waals surface area contributed by atoms with Gasteiger partial charge in [-0.1, -0.05) is 50.2 Å². The van der Waals surface area contributed by atoms with Gasteiger partial charge >= 0.3 is 6.16 Å². The van der Waals surface area contributed by atoms with Crippen molar-refractivity contribution in [2.75, 3.05) is 87.4 Å². The summed E-state index contributed by atoms with van der Waals surface area (Å²) < 4.78 is 52.9. The predicted molar refractivity (Wildman–Crippen MR) is 338 cm³/mol. The van der Waals surface area contributed by atoms with Gasteiger partial charge in [0.1, 0.15) is 43.1 Å². The van der Waals surface area contributed by atoms with Crippen molar-refractivity contribution in [1.82, 2.24) is 45.3 Å². The average Bonchev–Trinajstić information content (AvgIpc) is 1.96. The molecule has 26 heteroatoms. The minimum absolute atomic E-state index is 0.0156. The molecule has 0 radical (unpaired) electrons. The van der Waals surface area contributed by atoms with Gasteiger partial charge in [-0.3, -0.25) is 19.4 Å². The molecule has 2 bridgehead atoms. The van der Waals surface area contributed by atoms with E-state index in [1.165, 1.54) is 4.90 Å². The molecule has 0 aliphatic carbocycles. The zero-order valence-corrected chi connectivity index (χ0v) is 53.7. The number of nitrogens with one attached hydrogen (secondary N) is 1. The molecular formula is C62H80N12O11S3. The number of thiazole rings is 1. The normalized spacial score (nSPS) is 21.1. The highest BCUT2D eigenvalue weighted by molar-refractivity contribution is 8.72. The van der Waals surface area contributed by atoms with Crippen LogP contribution in [0.2, 0.25) is 0 Å². The lowest BCUT2D eigenvalue weighted by molar-refractivity contribution is -0.141. The quantitative estimate of drug-likeness (QED) is 0.0403. The number of fused-ring (bicyclic) bond motifs is 2. The van der Waals surface area contributed by atoms with Crippen LogP contribution in [0.15, 0.2) is 89.0 Å². The Morgan fingerprint density at radius 2 is 1.64 bits per heavy atom. The number of hydrogen-bond donors (Lipinski definition) is 3. The van der Waals surface area contributed by atoms with E-state index in [1.807, 2.05) is 82.4 Å². The Balaban J connectivity index is 0.706. The highest BCUT2D eigenvalue weighted by Gasteiger charge is 2.47. The number of rotatable bonds is 23. The first-order valence-corrected chi connectivity index (χ1v) is 34.1. The zero-order valence-electron chi connectivity index (χ0n) is 51.3. The second-order valence-electron chi connectivity index (χ2n) is 24.2. The Labute approximate surface area is 521 Å². The second-order valence-corrected chi connectivity index (χ2v) is 30.0. The first kappa shape index (κ1) is 63.7. The summed E-state index contributed by atoms with van der Waals surface area (Å²) >= 11 is 1.55. The van der Waals surface area contributed by atoms with E-state index in [1.54, 1.807) is 55.8 Å². The number of nitrogen functional groups attached to an aromatic ring is 1. The largest absolute Gasteiger partial charge is 0.508 e. The lowest BCUT2D eigenvalue weighted by Crippen LogP contribution is -2.54. The molecule has 4 fully saturated rings. The number of ether oxygens (including phenoxy) is 4. The van der Waals surface area contributed by atoms with Crippen LogP contribution in [-0.4, -0.2) is 184 Å². The molecule has 8 heterocycles. The number of pyridine rings is 1. The minimum atomic E-state index is -3.48. The molecule has 2 aromatic carbocycles. The fraction of sp³-hybridized carbons (Fsp3) is 0.516. The molecule has 6 aromatic rings. The topological polar surface area (TPSA) is 274 Å². The molecule has 10 rings (SSSR count). The molecule has 2 amide bonds. The van der Waals surface area contributed by atoms with Gasteiger partial charge in [-0.05, 0) is 112 Å². The first-order chi connectivity index (χ1) is 42.0. The number of carbonyl (C=O) groups is 3. The van der Waals surface area contributed by atoms with E-state index in [-0.39, 0.29) is 54.4 Å². The third-order valence-electron chi connectivity index (χ3n) is 17.2. The monoisotopic (exact) mass is 1260 g/mol. The van der Waals surface area contributed by atoms with Crippen molar-refractivity contribution in [3.63, 3.8) is 0 Å². The van der Waals surface area contributed by atoms with Crippen LogP contribution in [0.3, 0.4) is 0 Å². The number of nitrogens with zero attached hydrogens (tertiary/aromatic N) is 10. The van der Waals surface area contributed by atoms with Gasteiger partial charge in [0, 0.05) is 106 Å². The smallest absolute Gasteiger partial charge is 0.507 e. The van der Waals surface area contributed by atoms with Gasteiger partial charge in [0.2, 0.25) is 17.7 Å². The van der Waals surface area contributed by atoms with Gasteiger partial charge in [0.15, 0.2) is 20.4 Å². The summed E-state index contributed by atoms with van der Waals surface area (Å²) in [7, 11) is -2.80. The van der Waals surface area contributed by atoms with Gasteiger partial charge in [0.25, 0.3) is 5.88 Å². The van der Waals surface area contributed by atoms with E-state index in [4.69, 9.17) is 29.2 Å². The molecule has 8 atom stereocenters. The van der Waals surface area contributed by atoms with Gasteiger partial charge in [0.05, 0.1) is 44.8 Å². The molecule has 472 valence electrons. The van der Waals surface area contributed by atoms with Crippen molar-refractivity contribution in [3.8, 4) is 39.2 Å². The number of anilines is 3. The number of aromatic hydroxyl groups is 1. The summed E-state index contributed by atoms with van der Waals surface area (Å²) in [5.41, 5.74) is 14.1. The molecule has 4 aliphatic rings. The van der Waals surface area contributed by atoms with Gasteiger partial charge in [-0.2, -0.15) is 0 Å². The van der Waals surface area contributed by atoms with Crippen molar-refractivity contribution >= 4 is 66.2 Å². The van der Waals surface area contributed by atoms with Crippen LogP contribution < -0.4 is 30.3 Å². The van der Waals surface area contributed by atoms with E-state index < -0.39 is 61.8 Å². The summed E-state index contributed by atoms with van der Waals surface area (Å²) in [5.74, 6) is -0.436. The van der Waals surface area contributed by atoms with E-state index in [0.29, 0.717) is 53.5 Å². The number of phenols is 1. The Kier molecular flexibility index (Phi) is 19.7. The Bertz CT molecular complexity index is 3520. The number of nitrogens with two attached hydrogens (primary N) is 1. The van der Waals surface area contributed by atoms with Crippen LogP contribution in [0.25, 0.3) is 21.7 Å².